The molecule has 0 radical (unpaired) electrons. The second kappa shape index (κ2) is 3.92. The van der Waals surface area contributed by atoms with Crippen LogP contribution in [0.1, 0.15) is 19.3 Å². The van der Waals surface area contributed by atoms with Crippen LogP contribution < -0.4 is 5.32 Å². The number of ether oxygens (including phenoxy) is 2. The zero-order valence-corrected chi connectivity index (χ0v) is 10.7. The van der Waals surface area contributed by atoms with E-state index in [2.05, 4.69) is 29.6 Å². The Kier molecular flexibility index (Phi) is 2.44. The number of allylic oxidation sites excluding steroid dienone is 2. The monoisotopic (exact) mass is 247 g/mol. The van der Waals surface area contributed by atoms with E-state index < -0.39 is 0 Å². The summed E-state index contributed by atoms with van der Waals surface area (Å²) in [5.74, 6) is 0.538. The van der Waals surface area contributed by atoms with Crippen molar-refractivity contribution in [2.75, 3.05) is 26.3 Å². The third-order valence-corrected chi connectivity index (χ3v) is 5.29. The molecule has 1 N–H and O–H groups in total. The van der Waals surface area contributed by atoms with Crippen molar-refractivity contribution < 1.29 is 9.47 Å². The summed E-state index contributed by atoms with van der Waals surface area (Å²) in [6, 6.07) is 0. The molecule has 3 nitrogen and oxygen atoms in total. The van der Waals surface area contributed by atoms with Gasteiger partial charge in [-0.2, -0.15) is 0 Å². The molecule has 3 aliphatic heterocycles. The minimum absolute atomic E-state index is 0.145. The van der Waals surface area contributed by atoms with Gasteiger partial charge < -0.3 is 14.8 Å². The van der Waals surface area contributed by atoms with Crippen LogP contribution in [0.25, 0.3) is 0 Å². The summed E-state index contributed by atoms with van der Waals surface area (Å²) in [6.07, 6.45) is 12.5. The molecular weight excluding hydrogens is 226 g/mol. The molecular formula is C15H21NO2. The van der Waals surface area contributed by atoms with Crippen LogP contribution in [0.2, 0.25) is 0 Å². The SMILES string of the molecule is C1=CC2OCC3CC4(CCNCC4)COC32C=C1. The van der Waals surface area contributed by atoms with Crippen LogP contribution in [-0.4, -0.2) is 38.0 Å². The van der Waals surface area contributed by atoms with Gasteiger partial charge in [0.1, 0.15) is 11.7 Å². The fourth-order valence-electron chi connectivity index (χ4n) is 4.15. The molecule has 0 bridgehead atoms. The van der Waals surface area contributed by atoms with Gasteiger partial charge in [0.2, 0.25) is 0 Å². The van der Waals surface area contributed by atoms with Crippen LogP contribution in [0.3, 0.4) is 0 Å². The lowest BCUT2D eigenvalue weighted by Gasteiger charge is -2.50. The van der Waals surface area contributed by atoms with Crippen LogP contribution in [0.5, 0.6) is 0 Å². The van der Waals surface area contributed by atoms with Gasteiger partial charge in [-0.05, 0) is 43.8 Å². The molecule has 3 heterocycles. The number of rotatable bonds is 0. The van der Waals surface area contributed by atoms with Gasteiger partial charge in [-0.15, -0.1) is 0 Å². The second-order valence-electron chi connectivity index (χ2n) is 6.29. The van der Waals surface area contributed by atoms with Gasteiger partial charge in [-0.1, -0.05) is 18.2 Å². The fourth-order valence-corrected chi connectivity index (χ4v) is 4.15. The summed E-state index contributed by atoms with van der Waals surface area (Å²) in [4.78, 5) is 0. The minimum atomic E-state index is -0.148. The van der Waals surface area contributed by atoms with E-state index in [9.17, 15) is 0 Å². The van der Waals surface area contributed by atoms with E-state index in [1.807, 2.05) is 0 Å². The van der Waals surface area contributed by atoms with Crippen LogP contribution in [-0.2, 0) is 9.47 Å². The van der Waals surface area contributed by atoms with Crippen LogP contribution in [0.15, 0.2) is 24.3 Å². The Hall–Kier alpha value is -0.640. The Morgan fingerprint density at radius 2 is 2.06 bits per heavy atom. The smallest absolute Gasteiger partial charge is 0.121 e. The maximum absolute atomic E-state index is 6.40. The number of nitrogens with one attached hydrogen (secondary N) is 1. The molecule has 3 unspecified atom stereocenters. The van der Waals surface area contributed by atoms with E-state index in [1.54, 1.807) is 0 Å². The Morgan fingerprint density at radius 1 is 1.17 bits per heavy atom. The number of piperidine rings is 1. The molecule has 4 rings (SSSR count). The van der Waals surface area contributed by atoms with E-state index >= 15 is 0 Å². The molecule has 3 atom stereocenters. The third-order valence-electron chi connectivity index (χ3n) is 5.29. The van der Waals surface area contributed by atoms with Gasteiger partial charge in [0.15, 0.2) is 0 Å². The topological polar surface area (TPSA) is 30.5 Å². The molecule has 3 fully saturated rings. The second-order valence-corrected chi connectivity index (χ2v) is 6.29. The zero-order valence-electron chi connectivity index (χ0n) is 10.7. The average molecular weight is 247 g/mol. The van der Waals surface area contributed by atoms with Gasteiger partial charge in [0.05, 0.1) is 13.2 Å². The maximum Gasteiger partial charge on any atom is 0.121 e. The van der Waals surface area contributed by atoms with Crippen LogP contribution >= 0.6 is 0 Å². The first kappa shape index (κ1) is 11.2. The molecule has 3 heteroatoms. The molecule has 0 aromatic rings. The fraction of sp³-hybridized carbons (Fsp3) is 0.733. The summed E-state index contributed by atoms with van der Waals surface area (Å²) in [6.45, 7) is 4.05. The standard InChI is InChI=1S/C15H21NO2/c1-2-4-15-12(10-17-13(15)3-1)9-14(11-18-15)5-7-16-8-6-14/h1-4,12-13,16H,5-11H2. The Morgan fingerprint density at radius 3 is 2.94 bits per heavy atom. The van der Waals surface area contributed by atoms with Gasteiger partial charge >= 0.3 is 0 Å². The van der Waals surface area contributed by atoms with Gasteiger partial charge in [-0.3, -0.25) is 0 Å². The van der Waals surface area contributed by atoms with Gasteiger partial charge in [0.25, 0.3) is 0 Å². The Bertz CT molecular complexity index is 397. The summed E-state index contributed by atoms with van der Waals surface area (Å²) < 4.78 is 12.3. The first-order valence-electron chi connectivity index (χ1n) is 7.15. The summed E-state index contributed by atoms with van der Waals surface area (Å²) in [5, 5.41) is 3.46. The molecule has 0 aromatic heterocycles. The molecule has 1 aliphatic carbocycles. The van der Waals surface area contributed by atoms with Gasteiger partial charge in [-0.25, -0.2) is 0 Å². The van der Waals surface area contributed by atoms with Crippen molar-refractivity contribution in [3.8, 4) is 0 Å². The van der Waals surface area contributed by atoms with Crippen molar-refractivity contribution in [2.45, 2.75) is 31.0 Å². The first-order valence-corrected chi connectivity index (χ1v) is 7.15. The largest absolute Gasteiger partial charge is 0.370 e. The van der Waals surface area contributed by atoms with E-state index in [1.165, 1.54) is 19.3 Å². The highest BCUT2D eigenvalue weighted by molar-refractivity contribution is 5.28. The van der Waals surface area contributed by atoms with Crippen molar-refractivity contribution >= 4 is 0 Å². The first-order chi connectivity index (χ1) is 8.83. The average Bonchev–Trinajstić information content (AvgIpc) is 2.79. The summed E-state index contributed by atoms with van der Waals surface area (Å²) in [5.41, 5.74) is 0.263. The minimum Gasteiger partial charge on any atom is -0.370 e. The predicted octanol–water partition coefficient (Wildman–Crippen LogP) is 1.66. The highest BCUT2D eigenvalue weighted by Crippen LogP contribution is 2.51. The Labute approximate surface area is 108 Å². The van der Waals surface area contributed by atoms with E-state index in [-0.39, 0.29) is 11.7 Å². The molecule has 2 spiro atoms. The zero-order chi connectivity index (χ0) is 12.1. The lowest BCUT2D eigenvalue weighted by molar-refractivity contribution is -0.145. The molecule has 3 saturated heterocycles. The van der Waals surface area contributed by atoms with Gasteiger partial charge in [0, 0.05) is 5.92 Å². The highest BCUT2D eigenvalue weighted by atomic mass is 16.6. The molecule has 0 saturated carbocycles. The van der Waals surface area contributed by atoms with E-state index in [0.717, 1.165) is 26.3 Å². The molecule has 0 amide bonds. The van der Waals surface area contributed by atoms with Crippen molar-refractivity contribution in [1.29, 1.82) is 0 Å². The van der Waals surface area contributed by atoms with Crippen molar-refractivity contribution in [2.24, 2.45) is 11.3 Å². The van der Waals surface area contributed by atoms with Crippen molar-refractivity contribution in [3.63, 3.8) is 0 Å². The quantitative estimate of drug-likeness (QED) is 0.706. The molecule has 98 valence electrons. The third kappa shape index (κ3) is 1.47. The predicted molar refractivity (Wildman–Crippen MR) is 69.3 cm³/mol. The lowest BCUT2D eigenvalue weighted by Crippen LogP contribution is -2.55. The lowest BCUT2D eigenvalue weighted by atomic mass is 9.66. The maximum atomic E-state index is 6.40. The normalized spacial score (nSPS) is 44.9. The van der Waals surface area contributed by atoms with E-state index in [0.29, 0.717) is 11.3 Å². The van der Waals surface area contributed by atoms with Crippen LogP contribution in [0.4, 0.5) is 0 Å². The molecule has 18 heavy (non-hydrogen) atoms. The van der Waals surface area contributed by atoms with Crippen LogP contribution in [0, 0.1) is 11.3 Å². The summed E-state index contributed by atoms with van der Waals surface area (Å²) in [7, 11) is 0. The Balaban J connectivity index is 1.60. The summed E-state index contributed by atoms with van der Waals surface area (Å²) >= 11 is 0. The number of hydrogen-bond acceptors (Lipinski definition) is 3. The number of hydrogen-bond donors (Lipinski definition) is 1. The van der Waals surface area contributed by atoms with Crippen molar-refractivity contribution in [3.05, 3.63) is 24.3 Å². The highest BCUT2D eigenvalue weighted by Gasteiger charge is 2.57. The van der Waals surface area contributed by atoms with Crippen molar-refractivity contribution in [1.82, 2.24) is 5.32 Å². The molecule has 4 aliphatic rings. The van der Waals surface area contributed by atoms with E-state index in [4.69, 9.17) is 9.47 Å². The molecule has 0 aromatic carbocycles.